The van der Waals surface area contributed by atoms with Gasteiger partial charge in [-0.05, 0) is 50.1 Å². The smallest absolute Gasteiger partial charge is 0.271 e. The second kappa shape index (κ2) is 6.91. The van der Waals surface area contributed by atoms with E-state index in [1.165, 1.54) is 18.2 Å². The molecule has 0 heterocycles. The molecular weight excluding hydrogens is 294 g/mol. The van der Waals surface area contributed by atoms with Crippen molar-refractivity contribution in [3.8, 4) is 0 Å². The minimum Gasteiger partial charge on any atom is -0.374 e. The molecular formula is C17H19N3O3. The van der Waals surface area contributed by atoms with Crippen LogP contribution in [0.4, 0.5) is 17.1 Å². The normalized spacial score (nSPS) is 11.6. The zero-order valence-corrected chi connectivity index (χ0v) is 13.3. The van der Waals surface area contributed by atoms with Gasteiger partial charge in [0.15, 0.2) is 0 Å². The third-order valence-electron chi connectivity index (χ3n) is 3.32. The van der Waals surface area contributed by atoms with Crippen molar-refractivity contribution < 1.29 is 9.72 Å². The predicted octanol–water partition coefficient (Wildman–Crippen LogP) is 3.65. The highest BCUT2D eigenvalue weighted by molar-refractivity contribution is 5.96. The molecule has 2 aromatic carbocycles. The van der Waals surface area contributed by atoms with E-state index in [1.807, 2.05) is 26.0 Å². The van der Waals surface area contributed by atoms with E-state index in [4.69, 9.17) is 0 Å². The first-order chi connectivity index (χ1) is 10.8. The van der Waals surface area contributed by atoms with Crippen molar-refractivity contribution in [2.75, 3.05) is 10.6 Å². The number of nitro benzene ring substituents is 1. The van der Waals surface area contributed by atoms with Crippen molar-refractivity contribution in [2.24, 2.45) is 0 Å². The molecule has 2 N–H and O–H groups in total. The van der Waals surface area contributed by atoms with Gasteiger partial charge in [0.25, 0.3) is 5.69 Å². The van der Waals surface area contributed by atoms with Gasteiger partial charge in [-0.3, -0.25) is 14.9 Å². The number of amides is 1. The number of non-ortho nitro benzene ring substituents is 1. The molecule has 0 aliphatic heterocycles. The number of carbonyl (C=O) groups excluding carboxylic acids is 1. The molecule has 0 aromatic heterocycles. The summed E-state index contributed by atoms with van der Waals surface area (Å²) in [4.78, 5) is 22.5. The van der Waals surface area contributed by atoms with Crippen molar-refractivity contribution in [2.45, 2.75) is 26.8 Å². The average Bonchev–Trinajstić information content (AvgIpc) is 2.46. The summed E-state index contributed by atoms with van der Waals surface area (Å²) >= 11 is 0. The number of hydrogen-bond donors (Lipinski definition) is 2. The molecule has 0 radical (unpaired) electrons. The number of carbonyl (C=O) groups is 1. The van der Waals surface area contributed by atoms with Gasteiger partial charge in [0, 0.05) is 23.5 Å². The van der Waals surface area contributed by atoms with E-state index < -0.39 is 11.0 Å². The van der Waals surface area contributed by atoms with Crippen LogP contribution in [0.25, 0.3) is 0 Å². The van der Waals surface area contributed by atoms with Crippen LogP contribution < -0.4 is 10.6 Å². The molecule has 0 saturated heterocycles. The molecule has 6 heteroatoms. The van der Waals surface area contributed by atoms with Crippen molar-refractivity contribution in [3.05, 3.63) is 63.7 Å². The van der Waals surface area contributed by atoms with Crippen LogP contribution in [0.2, 0.25) is 0 Å². The average molecular weight is 313 g/mol. The van der Waals surface area contributed by atoms with Gasteiger partial charge in [0.2, 0.25) is 5.91 Å². The lowest BCUT2D eigenvalue weighted by Gasteiger charge is -2.16. The van der Waals surface area contributed by atoms with Crippen LogP contribution >= 0.6 is 0 Å². The highest BCUT2D eigenvalue weighted by Crippen LogP contribution is 2.18. The fraction of sp³-hybridized carbons (Fsp3) is 0.235. The molecule has 0 fully saturated rings. The summed E-state index contributed by atoms with van der Waals surface area (Å²) in [5.41, 5.74) is 3.43. The maximum absolute atomic E-state index is 12.2. The molecule has 1 amide bonds. The third kappa shape index (κ3) is 4.54. The van der Waals surface area contributed by atoms with Gasteiger partial charge in [0.1, 0.15) is 6.04 Å². The maximum Gasteiger partial charge on any atom is 0.271 e. The number of nitrogens with zero attached hydrogens (tertiary/aromatic N) is 1. The number of hydrogen-bond acceptors (Lipinski definition) is 4. The van der Waals surface area contributed by atoms with Crippen LogP contribution in [0.3, 0.4) is 0 Å². The van der Waals surface area contributed by atoms with Crippen LogP contribution in [0, 0.1) is 24.0 Å². The molecule has 1 unspecified atom stereocenters. The molecule has 0 spiro atoms. The molecule has 6 nitrogen and oxygen atoms in total. The van der Waals surface area contributed by atoms with Gasteiger partial charge in [-0.25, -0.2) is 0 Å². The minimum absolute atomic E-state index is 0.0577. The SMILES string of the molecule is Cc1cc(C)cc(NC(C)C(=O)Nc2cccc([N+](=O)[O-])c2)c1. The summed E-state index contributed by atoms with van der Waals surface area (Å²) in [5, 5.41) is 16.6. The Kier molecular flexibility index (Phi) is 4.95. The largest absolute Gasteiger partial charge is 0.374 e. The Morgan fingerprint density at radius 1 is 1.09 bits per heavy atom. The lowest BCUT2D eigenvalue weighted by molar-refractivity contribution is -0.384. The van der Waals surface area contributed by atoms with Gasteiger partial charge in [-0.1, -0.05) is 12.1 Å². The Morgan fingerprint density at radius 3 is 2.35 bits per heavy atom. The van der Waals surface area contributed by atoms with Crippen molar-refractivity contribution in [1.29, 1.82) is 0 Å². The predicted molar refractivity (Wildman–Crippen MR) is 90.7 cm³/mol. The summed E-state index contributed by atoms with van der Waals surface area (Å²) in [6, 6.07) is 11.4. The quantitative estimate of drug-likeness (QED) is 0.652. The molecule has 2 aromatic rings. The minimum atomic E-state index is -0.493. The summed E-state index contributed by atoms with van der Waals surface area (Å²) in [5.74, 6) is -0.260. The third-order valence-corrected chi connectivity index (χ3v) is 3.32. The van der Waals surface area contributed by atoms with Crippen molar-refractivity contribution >= 4 is 23.0 Å². The number of aryl methyl sites for hydroxylation is 2. The van der Waals surface area contributed by atoms with E-state index >= 15 is 0 Å². The standard InChI is InChI=1S/C17H19N3O3/c1-11-7-12(2)9-15(8-11)18-13(3)17(21)19-14-5-4-6-16(10-14)20(22)23/h4-10,13,18H,1-3H3,(H,19,21). The molecule has 0 saturated carbocycles. The Morgan fingerprint density at radius 2 is 1.74 bits per heavy atom. The first kappa shape index (κ1) is 16.5. The summed E-state index contributed by atoms with van der Waals surface area (Å²) in [6.07, 6.45) is 0. The van der Waals surface area contributed by atoms with Gasteiger partial charge in [-0.15, -0.1) is 0 Å². The summed E-state index contributed by atoms with van der Waals surface area (Å²) < 4.78 is 0. The molecule has 2 rings (SSSR count). The lowest BCUT2D eigenvalue weighted by Crippen LogP contribution is -2.31. The van der Waals surface area contributed by atoms with Gasteiger partial charge in [0.05, 0.1) is 4.92 Å². The summed E-state index contributed by atoms with van der Waals surface area (Å²) in [6.45, 7) is 5.72. The van der Waals surface area contributed by atoms with Gasteiger partial charge < -0.3 is 10.6 Å². The highest BCUT2D eigenvalue weighted by Gasteiger charge is 2.14. The van der Waals surface area contributed by atoms with E-state index in [0.29, 0.717) is 5.69 Å². The Hall–Kier alpha value is -2.89. The van der Waals surface area contributed by atoms with Crippen LogP contribution in [0.1, 0.15) is 18.1 Å². The van der Waals surface area contributed by atoms with Crippen LogP contribution in [0.15, 0.2) is 42.5 Å². The topological polar surface area (TPSA) is 84.3 Å². The molecule has 0 bridgehead atoms. The fourth-order valence-corrected chi connectivity index (χ4v) is 2.32. The van der Waals surface area contributed by atoms with Crippen LogP contribution in [-0.4, -0.2) is 16.9 Å². The highest BCUT2D eigenvalue weighted by atomic mass is 16.6. The number of nitrogens with one attached hydrogen (secondary N) is 2. The van der Waals surface area contributed by atoms with E-state index in [1.54, 1.807) is 13.0 Å². The van der Waals surface area contributed by atoms with Crippen LogP contribution in [-0.2, 0) is 4.79 Å². The first-order valence-corrected chi connectivity index (χ1v) is 7.25. The van der Waals surface area contributed by atoms with Gasteiger partial charge >= 0.3 is 0 Å². The van der Waals surface area contributed by atoms with Gasteiger partial charge in [-0.2, -0.15) is 0 Å². The zero-order chi connectivity index (χ0) is 17.0. The number of nitro groups is 1. The monoisotopic (exact) mass is 313 g/mol. The molecule has 120 valence electrons. The molecule has 0 aliphatic carbocycles. The van der Waals surface area contributed by atoms with E-state index in [-0.39, 0.29) is 11.6 Å². The molecule has 0 aliphatic rings. The molecule has 1 atom stereocenters. The van der Waals surface area contributed by atoms with E-state index in [0.717, 1.165) is 16.8 Å². The number of rotatable bonds is 5. The number of benzene rings is 2. The Balaban J connectivity index is 2.05. The summed E-state index contributed by atoms with van der Waals surface area (Å²) in [7, 11) is 0. The van der Waals surface area contributed by atoms with E-state index in [2.05, 4.69) is 16.7 Å². The Labute approximate surface area is 134 Å². The fourth-order valence-electron chi connectivity index (χ4n) is 2.32. The van der Waals surface area contributed by atoms with E-state index in [9.17, 15) is 14.9 Å². The second-order valence-corrected chi connectivity index (χ2v) is 5.54. The lowest BCUT2D eigenvalue weighted by atomic mass is 10.1. The van der Waals surface area contributed by atoms with Crippen molar-refractivity contribution in [1.82, 2.24) is 0 Å². The zero-order valence-electron chi connectivity index (χ0n) is 13.3. The maximum atomic E-state index is 12.2. The first-order valence-electron chi connectivity index (χ1n) is 7.25. The molecule has 23 heavy (non-hydrogen) atoms. The number of anilines is 2. The van der Waals surface area contributed by atoms with Crippen molar-refractivity contribution in [3.63, 3.8) is 0 Å². The van der Waals surface area contributed by atoms with Crippen LogP contribution in [0.5, 0.6) is 0 Å². The Bertz CT molecular complexity index is 723. The second-order valence-electron chi connectivity index (χ2n) is 5.54.